The average Bonchev–Trinajstić information content (AvgIpc) is 2.89. The Morgan fingerprint density at radius 1 is 1.18 bits per heavy atom. The Hall–Kier alpha value is -0.120. The third-order valence-electron chi connectivity index (χ3n) is 4.78. The van der Waals surface area contributed by atoms with Crippen molar-refractivity contribution in [2.75, 3.05) is 26.7 Å². The first-order valence-corrected chi connectivity index (χ1v) is 7.37. The first-order valence-electron chi connectivity index (χ1n) is 7.37. The molecule has 1 N–H and O–H groups in total. The fourth-order valence-corrected chi connectivity index (χ4v) is 3.55. The Kier molecular flexibility index (Phi) is 3.69. The molecule has 0 aromatic heterocycles. The number of ether oxygens (including phenoxy) is 1. The summed E-state index contributed by atoms with van der Waals surface area (Å²) in [6.45, 7) is 3.83. The van der Waals surface area contributed by atoms with E-state index in [0.717, 1.165) is 12.0 Å². The summed E-state index contributed by atoms with van der Waals surface area (Å²) in [6.07, 6.45) is 8.67. The van der Waals surface area contributed by atoms with Crippen LogP contribution in [-0.2, 0) is 4.74 Å². The highest BCUT2D eigenvalue weighted by Crippen LogP contribution is 2.30. The molecule has 1 aliphatic heterocycles. The van der Waals surface area contributed by atoms with Gasteiger partial charge in [0.05, 0.1) is 6.10 Å². The van der Waals surface area contributed by atoms with E-state index in [1.807, 2.05) is 7.11 Å². The molecule has 98 valence electrons. The molecule has 3 atom stereocenters. The third kappa shape index (κ3) is 2.83. The monoisotopic (exact) mass is 238 g/mol. The summed E-state index contributed by atoms with van der Waals surface area (Å²) in [5, 5.41) is 3.68. The molecule has 3 unspecified atom stereocenters. The highest BCUT2D eigenvalue weighted by atomic mass is 16.5. The summed E-state index contributed by atoms with van der Waals surface area (Å²) in [4.78, 5) is 2.69. The summed E-state index contributed by atoms with van der Waals surface area (Å²) >= 11 is 0. The molecule has 3 aliphatic rings. The predicted octanol–water partition coefficient (Wildman–Crippen LogP) is 1.63. The fourth-order valence-electron chi connectivity index (χ4n) is 3.55. The SMILES string of the molecule is COC1CCCC1N1CCC(CNC2CC2)C1. The second kappa shape index (κ2) is 5.25. The van der Waals surface area contributed by atoms with Crippen molar-refractivity contribution in [1.29, 1.82) is 0 Å². The molecule has 3 rings (SSSR count). The molecular formula is C14H26N2O. The van der Waals surface area contributed by atoms with Crippen LogP contribution in [0.15, 0.2) is 0 Å². The Morgan fingerprint density at radius 2 is 2.06 bits per heavy atom. The second-order valence-corrected chi connectivity index (χ2v) is 6.10. The minimum Gasteiger partial charge on any atom is -0.380 e. The van der Waals surface area contributed by atoms with Gasteiger partial charge in [-0.3, -0.25) is 4.90 Å². The molecule has 2 saturated carbocycles. The molecule has 0 amide bonds. The first-order chi connectivity index (χ1) is 8.36. The maximum atomic E-state index is 5.62. The lowest BCUT2D eigenvalue weighted by atomic mass is 10.1. The lowest BCUT2D eigenvalue weighted by Crippen LogP contribution is -2.40. The Labute approximate surface area is 105 Å². The third-order valence-corrected chi connectivity index (χ3v) is 4.78. The minimum atomic E-state index is 0.505. The van der Waals surface area contributed by atoms with E-state index in [1.165, 1.54) is 58.2 Å². The molecule has 1 saturated heterocycles. The van der Waals surface area contributed by atoms with Gasteiger partial charge in [-0.15, -0.1) is 0 Å². The molecule has 3 heteroatoms. The van der Waals surface area contributed by atoms with E-state index >= 15 is 0 Å². The van der Waals surface area contributed by atoms with E-state index < -0.39 is 0 Å². The Bertz CT molecular complexity index is 255. The van der Waals surface area contributed by atoms with Crippen molar-refractivity contribution in [1.82, 2.24) is 10.2 Å². The zero-order chi connectivity index (χ0) is 11.7. The van der Waals surface area contributed by atoms with Crippen LogP contribution in [0.2, 0.25) is 0 Å². The van der Waals surface area contributed by atoms with Crippen LogP contribution in [-0.4, -0.2) is 49.8 Å². The van der Waals surface area contributed by atoms with Crippen LogP contribution in [0.3, 0.4) is 0 Å². The number of methoxy groups -OCH3 is 1. The normalized spacial score (nSPS) is 39.0. The van der Waals surface area contributed by atoms with Crippen molar-refractivity contribution >= 4 is 0 Å². The summed E-state index contributed by atoms with van der Waals surface area (Å²) < 4.78 is 5.62. The molecule has 0 spiro atoms. The zero-order valence-corrected chi connectivity index (χ0v) is 11.0. The van der Waals surface area contributed by atoms with Gasteiger partial charge in [0.25, 0.3) is 0 Å². The van der Waals surface area contributed by atoms with Crippen LogP contribution >= 0.6 is 0 Å². The van der Waals surface area contributed by atoms with Gasteiger partial charge in [-0.2, -0.15) is 0 Å². The Balaban J connectivity index is 1.45. The van der Waals surface area contributed by atoms with Gasteiger partial charge in [-0.1, -0.05) is 0 Å². The molecule has 0 aromatic carbocycles. The molecule has 17 heavy (non-hydrogen) atoms. The van der Waals surface area contributed by atoms with Crippen LogP contribution in [0.25, 0.3) is 0 Å². The van der Waals surface area contributed by atoms with Gasteiger partial charge in [-0.05, 0) is 57.5 Å². The van der Waals surface area contributed by atoms with Crippen LogP contribution < -0.4 is 5.32 Å². The molecule has 0 aromatic rings. The molecule has 3 fully saturated rings. The van der Waals surface area contributed by atoms with Gasteiger partial charge in [-0.25, -0.2) is 0 Å². The van der Waals surface area contributed by atoms with Gasteiger partial charge in [0.15, 0.2) is 0 Å². The van der Waals surface area contributed by atoms with Gasteiger partial charge < -0.3 is 10.1 Å². The number of nitrogens with zero attached hydrogens (tertiary/aromatic N) is 1. The molecular weight excluding hydrogens is 212 g/mol. The van der Waals surface area contributed by atoms with E-state index in [0.29, 0.717) is 12.1 Å². The maximum absolute atomic E-state index is 5.62. The number of hydrogen-bond acceptors (Lipinski definition) is 3. The molecule has 1 heterocycles. The van der Waals surface area contributed by atoms with E-state index in [4.69, 9.17) is 4.74 Å². The maximum Gasteiger partial charge on any atom is 0.0726 e. The van der Waals surface area contributed by atoms with Crippen molar-refractivity contribution in [3.8, 4) is 0 Å². The number of rotatable bonds is 5. The zero-order valence-electron chi connectivity index (χ0n) is 11.0. The second-order valence-electron chi connectivity index (χ2n) is 6.10. The van der Waals surface area contributed by atoms with Crippen LogP contribution in [0.5, 0.6) is 0 Å². The summed E-state index contributed by atoms with van der Waals surface area (Å²) in [6, 6.07) is 1.58. The summed E-state index contributed by atoms with van der Waals surface area (Å²) in [5.74, 6) is 0.883. The first kappa shape index (κ1) is 11.9. The van der Waals surface area contributed by atoms with Crippen LogP contribution in [0.1, 0.15) is 38.5 Å². The minimum absolute atomic E-state index is 0.505. The van der Waals surface area contributed by atoms with E-state index in [-0.39, 0.29) is 0 Å². The highest BCUT2D eigenvalue weighted by molar-refractivity contribution is 4.91. The Morgan fingerprint density at radius 3 is 2.82 bits per heavy atom. The van der Waals surface area contributed by atoms with Crippen molar-refractivity contribution in [2.45, 2.75) is 56.7 Å². The summed E-state index contributed by atoms with van der Waals surface area (Å²) in [5.41, 5.74) is 0. The quantitative estimate of drug-likeness (QED) is 0.788. The number of likely N-dealkylation sites (tertiary alicyclic amines) is 1. The van der Waals surface area contributed by atoms with Gasteiger partial charge in [0.1, 0.15) is 0 Å². The van der Waals surface area contributed by atoms with Crippen LogP contribution in [0, 0.1) is 5.92 Å². The van der Waals surface area contributed by atoms with E-state index in [1.54, 1.807) is 0 Å². The lowest BCUT2D eigenvalue weighted by molar-refractivity contribution is 0.0409. The van der Waals surface area contributed by atoms with Crippen molar-refractivity contribution in [3.05, 3.63) is 0 Å². The van der Waals surface area contributed by atoms with Crippen molar-refractivity contribution in [3.63, 3.8) is 0 Å². The van der Waals surface area contributed by atoms with Gasteiger partial charge >= 0.3 is 0 Å². The lowest BCUT2D eigenvalue weighted by Gasteiger charge is -2.28. The van der Waals surface area contributed by atoms with E-state index in [9.17, 15) is 0 Å². The van der Waals surface area contributed by atoms with Crippen molar-refractivity contribution in [2.24, 2.45) is 5.92 Å². The topological polar surface area (TPSA) is 24.5 Å². The smallest absolute Gasteiger partial charge is 0.0726 e. The number of nitrogens with one attached hydrogen (secondary N) is 1. The average molecular weight is 238 g/mol. The standard InChI is InChI=1S/C14H26N2O/c1-17-14-4-2-3-13(14)16-8-7-11(10-16)9-15-12-5-6-12/h11-15H,2-10H2,1H3. The molecule has 2 aliphatic carbocycles. The molecule has 3 nitrogen and oxygen atoms in total. The highest BCUT2D eigenvalue weighted by Gasteiger charge is 2.36. The fraction of sp³-hybridized carbons (Fsp3) is 1.00. The molecule has 0 radical (unpaired) electrons. The number of hydrogen-bond donors (Lipinski definition) is 1. The van der Waals surface area contributed by atoms with Gasteiger partial charge in [0, 0.05) is 25.7 Å². The van der Waals surface area contributed by atoms with Gasteiger partial charge in [0.2, 0.25) is 0 Å². The van der Waals surface area contributed by atoms with Crippen LogP contribution in [0.4, 0.5) is 0 Å². The van der Waals surface area contributed by atoms with E-state index in [2.05, 4.69) is 10.2 Å². The summed E-state index contributed by atoms with van der Waals surface area (Å²) in [7, 11) is 1.88. The van der Waals surface area contributed by atoms with Crippen molar-refractivity contribution < 1.29 is 4.74 Å². The largest absolute Gasteiger partial charge is 0.380 e. The molecule has 0 bridgehead atoms. The predicted molar refractivity (Wildman–Crippen MR) is 69.1 cm³/mol.